The van der Waals surface area contributed by atoms with Gasteiger partial charge in [0.05, 0.1) is 0 Å². The fourth-order valence-electron chi connectivity index (χ4n) is 2.06. The van der Waals surface area contributed by atoms with Crippen molar-refractivity contribution in [3.05, 3.63) is 71.5 Å². The summed E-state index contributed by atoms with van der Waals surface area (Å²) in [6.45, 7) is 1.91. The molecule has 1 amide bonds. The van der Waals surface area contributed by atoms with Crippen LogP contribution in [0.25, 0.3) is 11.3 Å². The Morgan fingerprint density at radius 1 is 1.14 bits per heavy atom. The molecule has 1 N–H and O–H groups in total. The number of hydrogen-bond acceptors (Lipinski definition) is 3. The Kier molecular flexibility index (Phi) is 3.70. The zero-order valence-corrected chi connectivity index (χ0v) is 11.8. The summed E-state index contributed by atoms with van der Waals surface area (Å²) in [6.07, 6.45) is 0. The minimum atomic E-state index is -0.319. The highest BCUT2D eigenvalue weighted by Gasteiger charge is 2.11. The minimum absolute atomic E-state index is 0.242. The molecule has 22 heavy (non-hydrogen) atoms. The number of aromatic nitrogens is 1. The predicted molar refractivity (Wildman–Crippen MR) is 81.0 cm³/mol. The third-order valence-corrected chi connectivity index (χ3v) is 3.17. The SMILES string of the molecule is Cc1cccc(C(=O)Nc2cc(-c3ccc(F)cc3)no2)c1. The van der Waals surface area contributed by atoms with E-state index in [9.17, 15) is 9.18 Å². The second kappa shape index (κ2) is 5.81. The van der Waals surface area contributed by atoms with Crippen LogP contribution in [0.5, 0.6) is 0 Å². The molecule has 0 fully saturated rings. The number of benzene rings is 2. The Morgan fingerprint density at radius 3 is 2.64 bits per heavy atom. The average molecular weight is 296 g/mol. The number of aryl methyl sites for hydroxylation is 1. The zero-order valence-electron chi connectivity index (χ0n) is 11.8. The van der Waals surface area contributed by atoms with Crippen LogP contribution in [0.1, 0.15) is 15.9 Å². The van der Waals surface area contributed by atoms with Crippen molar-refractivity contribution in [3.63, 3.8) is 0 Å². The molecule has 3 aromatic rings. The van der Waals surface area contributed by atoms with E-state index in [0.717, 1.165) is 5.56 Å². The molecule has 0 aliphatic rings. The van der Waals surface area contributed by atoms with Gasteiger partial charge in [0.25, 0.3) is 5.91 Å². The van der Waals surface area contributed by atoms with Gasteiger partial charge in [0, 0.05) is 17.2 Å². The molecule has 0 bridgehead atoms. The number of rotatable bonds is 3. The van der Waals surface area contributed by atoms with Crippen LogP contribution in [0.3, 0.4) is 0 Å². The standard InChI is InChI=1S/C17H13FN2O2/c1-11-3-2-4-13(9-11)17(21)19-16-10-15(20-22-16)12-5-7-14(18)8-6-12/h2-10H,1H3,(H,19,21). The van der Waals surface area contributed by atoms with Crippen molar-refractivity contribution in [2.75, 3.05) is 5.32 Å². The molecular weight excluding hydrogens is 283 g/mol. The monoisotopic (exact) mass is 296 g/mol. The molecule has 2 aromatic carbocycles. The molecule has 0 saturated heterocycles. The number of amides is 1. The molecule has 0 radical (unpaired) electrons. The van der Waals surface area contributed by atoms with E-state index in [1.807, 2.05) is 19.1 Å². The number of nitrogens with zero attached hydrogens (tertiary/aromatic N) is 1. The van der Waals surface area contributed by atoms with Crippen molar-refractivity contribution in [1.29, 1.82) is 0 Å². The number of halogens is 1. The molecule has 1 heterocycles. The summed E-state index contributed by atoms with van der Waals surface area (Å²) in [5, 5.41) is 6.51. The predicted octanol–water partition coefficient (Wildman–Crippen LogP) is 4.04. The van der Waals surface area contributed by atoms with E-state index in [-0.39, 0.29) is 17.6 Å². The van der Waals surface area contributed by atoms with Gasteiger partial charge in [-0.05, 0) is 43.3 Å². The Bertz CT molecular complexity index is 810. The van der Waals surface area contributed by atoms with Crippen molar-refractivity contribution in [2.24, 2.45) is 0 Å². The normalized spacial score (nSPS) is 10.5. The maximum atomic E-state index is 12.9. The van der Waals surface area contributed by atoms with Gasteiger partial charge in [-0.3, -0.25) is 10.1 Å². The number of carbonyl (C=O) groups is 1. The van der Waals surface area contributed by atoms with E-state index in [4.69, 9.17) is 4.52 Å². The molecule has 0 aliphatic heterocycles. The molecule has 4 nitrogen and oxygen atoms in total. The molecule has 0 aliphatic carbocycles. The second-order valence-corrected chi connectivity index (χ2v) is 4.91. The molecule has 1 aromatic heterocycles. The first-order valence-electron chi connectivity index (χ1n) is 6.72. The van der Waals surface area contributed by atoms with Gasteiger partial charge < -0.3 is 4.52 Å². The van der Waals surface area contributed by atoms with Crippen LogP contribution >= 0.6 is 0 Å². The lowest BCUT2D eigenvalue weighted by atomic mass is 10.1. The Labute approximate surface area is 126 Å². The fourth-order valence-corrected chi connectivity index (χ4v) is 2.06. The van der Waals surface area contributed by atoms with Gasteiger partial charge in [-0.2, -0.15) is 0 Å². The van der Waals surface area contributed by atoms with Crippen LogP contribution < -0.4 is 5.32 Å². The smallest absolute Gasteiger partial charge is 0.258 e. The van der Waals surface area contributed by atoms with Crippen LogP contribution in [0.15, 0.2) is 59.1 Å². The quantitative estimate of drug-likeness (QED) is 0.793. The Balaban J connectivity index is 1.77. The summed E-state index contributed by atoms with van der Waals surface area (Å²) < 4.78 is 18.0. The molecule has 5 heteroatoms. The van der Waals surface area contributed by atoms with E-state index < -0.39 is 0 Å². The second-order valence-electron chi connectivity index (χ2n) is 4.91. The lowest BCUT2D eigenvalue weighted by molar-refractivity contribution is 0.102. The van der Waals surface area contributed by atoms with Gasteiger partial charge in [-0.25, -0.2) is 4.39 Å². The number of hydrogen-bond donors (Lipinski definition) is 1. The molecule has 3 rings (SSSR count). The number of nitrogens with one attached hydrogen (secondary N) is 1. The lowest BCUT2D eigenvalue weighted by Crippen LogP contribution is -2.11. The summed E-state index contributed by atoms with van der Waals surface area (Å²) in [5.74, 6) is -0.350. The van der Waals surface area contributed by atoms with Gasteiger partial charge in [0.2, 0.25) is 5.88 Å². The van der Waals surface area contributed by atoms with Crippen LogP contribution in [-0.2, 0) is 0 Å². The largest absolute Gasteiger partial charge is 0.338 e. The van der Waals surface area contributed by atoms with E-state index in [0.29, 0.717) is 16.8 Å². The molecular formula is C17H13FN2O2. The third kappa shape index (κ3) is 3.03. The lowest BCUT2D eigenvalue weighted by Gasteiger charge is -2.01. The van der Waals surface area contributed by atoms with Crippen LogP contribution in [0, 0.1) is 12.7 Å². The highest BCUT2D eigenvalue weighted by atomic mass is 19.1. The third-order valence-electron chi connectivity index (χ3n) is 3.17. The summed E-state index contributed by atoms with van der Waals surface area (Å²) in [7, 11) is 0. The summed E-state index contributed by atoms with van der Waals surface area (Å²) >= 11 is 0. The van der Waals surface area contributed by atoms with Crippen LogP contribution in [0.2, 0.25) is 0 Å². The maximum absolute atomic E-state index is 12.9. The summed E-state index contributed by atoms with van der Waals surface area (Å²) in [5.41, 5.74) is 2.78. The molecule has 0 spiro atoms. The van der Waals surface area contributed by atoms with E-state index in [1.54, 1.807) is 30.3 Å². The van der Waals surface area contributed by atoms with Crippen molar-refractivity contribution in [3.8, 4) is 11.3 Å². The number of anilines is 1. The summed E-state index contributed by atoms with van der Waals surface area (Å²) in [6, 6.07) is 14.7. The topological polar surface area (TPSA) is 55.1 Å². The van der Waals surface area contributed by atoms with Crippen LogP contribution in [0.4, 0.5) is 10.3 Å². The first-order chi connectivity index (χ1) is 10.6. The Morgan fingerprint density at radius 2 is 1.91 bits per heavy atom. The van der Waals surface area contributed by atoms with Crippen molar-refractivity contribution >= 4 is 11.8 Å². The van der Waals surface area contributed by atoms with Crippen molar-refractivity contribution in [2.45, 2.75) is 6.92 Å². The van der Waals surface area contributed by atoms with Gasteiger partial charge >= 0.3 is 0 Å². The van der Waals surface area contributed by atoms with E-state index >= 15 is 0 Å². The van der Waals surface area contributed by atoms with Gasteiger partial charge in [-0.15, -0.1) is 0 Å². The highest BCUT2D eigenvalue weighted by molar-refractivity contribution is 6.03. The average Bonchev–Trinajstić information content (AvgIpc) is 2.96. The summed E-state index contributed by atoms with van der Waals surface area (Å²) in [4.78, 5) is 12.1. The highest BCUT2D eigenvalue weighted by Crippen LogP contribution is 2.22. The minimum Gasteiger partial charge on any atom is -0.338 e. The van der Waals surface area contributed by atoms with Gasteiger partial charge in [0.1, 0.15) is 11.5 Å². The van der Waals surface area contributed by atoms with Gasteiger partial charge in [0.15, 0.2) is 0 Å². The fraction of sp³-hybridized carbons (Fsp3) is 0.0588. The first kappa shape index (κ1) is 14.0. The molecule has 0 unspecified atom stereocenters. The van der Waals surface area contributed by atoms with Gasteiger partial charge in [-0.1, -0.05) is 22.9 Å². The number of carbonyl (C=O) groups excluding carboxylic acids is 1. The molecule has 0 atom stereocenters. The maximum Gasteiger partial charge on any atom is 0.258 e. The molecule has 0 saturated carbocycles. The van der Waals surface area contributed by atoms with Crippen LogP contribution in [-0.4, -0.2) is 11.1 Å². The van der Waals surface area contributed by atoms with E-state index in [1.165, 1.54) is 12.1 Å². The van der Waals surface area contributed by atoms with Crippen molar-refractivity contribution < 1.29 is 13.7 Å². The Hall–Kier alpha value is -2.95. The van der Waals surface area contributed by atoms with Crippen molar-refractivity contribution in [1.82, 2.24) is 5.16 Å². The van der Waals surface area contributed by atoms with E-state index in [2.05, 4.69) is 10.5 Å². The first-order valence-corrected chi connectivity index (χ1v) is 6.72. The zero-order chi connectivity index (χ0) is 15.5. The molecule has 110 valence electrons.